The summed E-state index contributed by atoms with van der Waals surface area (Å²) >= 11 is 0. The van der Waals surface area contributed by atoms with Crippen LogP contribution in [0.2, 0.25) is 0 Å². The smallest absolute Gasteiger partial charge is 0.243 e. The van der Waals surface area contributed by atoms with Crippen molar-refractivity contribution < 1.29 is 8.42 Å². The largest absolute Gasteiger partial charge is 0.312 e. The summed E-state index contributed by atoms with van der Waals surface area (Å²) < 4.78 is 30.8. The Morgan fingerprint density at radius 3 is 2.77 bits per heavy atom. The second kappa shape index (κ2) is 7.41. The summed E-state index contributed by atoms with van der Waals surface area (Å²) in [4.78, 5) is 9.91. The third-order valence-electron chi connectivity index (χ3n) is 7.11. The van der Waals surface area contributed by atoms with Crippen LogP contribution in [0.15, 0.2) is 41.4 Å². The molecule has 1 saturated carbocycles. The monoisotopic (exact) mass is 436 g/mol. The van der Waals surface area contributed by atoms with Crippen molar-refractivity contribution >= 4 is 21.2 Å². The first kappa shape index (κ1) is 19.4. The van der Waals surface area contributed by atoms with Crippen LogP contribution in [-0.4, -0.2) is 40.3 Å². The van der Waals surface area contributed by atoms with Gasteiger partial charge in [-0.3, -0.25) is 0 Å². The van der Waals surface area contributed by atoms with E-state index in [4.69, 9.17) is 4.98 Å². The van der Waals surface area contributed by atoms with E-state index < -0.39 is 10.0 Å². The van der Waals surface area contributed by atoms with Gasteiger partial charge in [-0.05, 0) is 86.3 Å². The fourth-order valence-corrected chi connectivity index (χ4v) is 6.93. The van der Waals surface area contributed by atoms with Gasteiger partial charge in [0.05, 0.1) is 4.90 Å². The Hall–Kier alpha value is -2.25. The standard InChI is InChI=1S/C24H28N4O2S/c29-31(30,21-11-10-18-5-1-6-20(18)14-21)27-13-3-4-17(15-27)16-28-23(19-8-9-19)26-22-7-2-12-25-24(22)28/h2,7,10-12,14,17,19H,1,3-6,8-9,13,15-16H2. The maximum atomic E-state index is 13.4. The van der Waals surface area contributed by atoms with E-state index in [0.717, 1.165) is 55.6 Å². The number of aromatic nitrogens is 3. The summed E-state index contributed by atoms with van der Waals surface area (Å²) in [7, 11) is -3.46. The van der Waals surface area contributed by atoms with Crippen LogP contribution in [0.1, 0.15) is 55.0 Å². The number of hydrogen-bond donors (Lipinski definition) is 0. The number of fused-ring (bicyclic) bond motifs is 2. The summed E-state index contributed by atoms with van der Waals surface area (Å²) in [5, 5.41) is 0. The van der Waals surface area contributed by atoms with E-state index in [-0.39, 0.29) is 5.92 Å². The van der Waals surface area contributed by atoms with Gasteiger partial charge in [0.2, 0.25) is 10.0 Å². The summed E-state index contributed by atoms with van der Waals surface area (Å²) in [6, 6.07) is 9.70. The SMILES string of the molecule is O=S(=O)(c1ccc2c(c1)CCC2)N1CCCC(Cn2c(C3CC3)nc3cccnc32)C1. The number of benzene rings is 1. The van der Waals surface area contributed by atoms with Gasteiger partial charge in [0, 0.05) is 31.7 Å². The predicted molar refractivity (Wildman–Crippen MR) is 119 cm³/mol. The average molecular weight is 437 g/mol. The average Bonchev–Trinajstić information content (AvgIpc) is 3.41. The van der Waals surface area contributed by atoms with Crippen LogP contribution in [0.5, 0.6) is 0 Å². The fraction of sp³-hybridized carbons (Fsp3) is 0.500. The minimum atomic E-state index is -3.46. The number of rotatable bonds is 5. The van der Waals surface area contributed by atoms with E-state index in [9.17, 15) is 8.42 Å². The van der Waals surface area contributed by atoms with Crippen molar-refractivity contribution in [2.24, 2.45) is 5.92 Å². The first-order chi connectivity index (χ1) is 15.1. The zero-order valence-electron chi connectivity index (χ0n) is 17.7. The van der Waals surface area contributed by atoms with Crippen molar-refractivity contribution in [3.63, 3.8) is 0 Å². The third kappa shape index (κ3) is 3.48. The van der Waals surface area contributed by atoms with Crippen LogP contribution >= 0.6 is 0 Å². The molecule has 0 N–H and O–H groups in total. The van der Waals surface area contributed by atoms with Crippen molar-refractivity contribution in [3.8, 4) is 0 Å². The molecule has 0 amide bonds. The number of pyridine rings is 1. The van der Waals surface area contributed by atoms with Gasteiger partial charge in [-0.15, -0.1) is 0 Å². The molecular weight excluding hydrogens is 408 g/mol. The zero-order chi connectivity index (χ0) is 21.0. The second-order valence-electron chi connectivity index (χ2n) is 9.36. The minimum absolute atomic E-state index is 0.273. The molecule has 0 spiro atoms. The van der Waals surface area contributed by atoms with Gasteiger partial charge in [-0.1, -0.05) is 6.07 Å². The molecule has 3 aromatic rings. The van der Waals surface area contributed by atoms with Gasteiger partial charge < -0.3 is 4.57 Å². The summed E-state index contributed by atoms with van der Waals surface area (Å²) in [6.07, 6.45) is 9.31. The topological polar surface area (TPSA) is 68.1 Å². The van der Waals surface area contributed by atoms with Gasteiger partial charge in [0.1, 0.15) is 11.3 Å². The molecule has 1 unspecified atom stereocenters. The molecule has 1 atom stereocenters. The number of piperidine rings is 1. The molecule has 2 aromatic heterocycles. The van der Waals surface area contributed by atoms with Crippen molar-refractivity contribution in [1.82, 2.24) is 18.8 Å². The first-order valence-electron chi connectivity index (χ1n) is 11.5. The van der Waals surface area contributed by atoms with Crippen LogP contribution in [-0.2, 0) is 29.4 Å². The van der Waals surface area contributed by atoms with Crippen molar-refractivity contribution in [3.05, 3.63) is 53.5 Å². The number of aryl methyl sites for hydroxylation is 2. The normalized spacial score (nSPS) is 22.1. The predicted octanol–water partition coefficient (Wildman–Crippen LogP) is 3.90. The maximum absolute atomic E-state index is 13.4. The Labute approximate surface area is 183 Å². The highest BCUT2D eigenvalue weighted by atomic mass is 32.2. The molecule has 0 radical (unpaired) electrons. The molecule has 1 aliphatic heterocycles. The molecule has 3 heterocycles. The molecule has 6 rings (SSSR count). The lowest BCUT2D eigenvalue weighted by atomic mass is 9.99. The van der Waals surface area contributed by atoms with E-state index in [1.807, 2.05) is 36.5 Å². The van der Waals surface area contributed by atoms with E-state index >= 15 is 0 Å². The number of nitrogens with zero attached hydrogens (tertiary/aromatic N) is 4. The quantitative estimate of drug-likeness (QED) is 0.608. The van der Waals surface area contributed by atoms with Gasteiger partial charge in [0.25, 0.3) is 0 Å². The molecule has 2 fully saturated rings. The lowest BCUT2D eigenvalue weighted by Crippen LogP contribution is -2.41. The Morgan fingerprint density at radius 1 is 1.03 bits per heavy atom. The van der Waals surface area contributed by atoms with Crippen molar-refractivity contribution in [2.45, 2.75) is 62.3 Å². The molecule has 6 nitrogen and oxygen atoms in total. The Kier molecular flexibility index (Phi) is 4.65. The van der Waals surface area contributed by atoms with E-state index in [0.29, 0.717) is 23.9 Å². The molecule has 1 aromatic carbocycles. The van der Waals surface area contributed by atoms with Gasteiger partial charge in [-0.2, -0.15) is 4.31 Å². The highest BCUT2D eigenvalue weighted by Gasteiger charge is 2.34. The van der Waals surface area contributed by atoms with Gasteiger partial charge in [-0.25, -0.2) is 18.4 Å². The molecule has 2 aliphatic carbocycles. The molecule has 0 bridgehead atoms. The summed E-state index contributed by atoms with van der Waals surface area (Å²) in [5.74, 6) is 1.94. The van der Waals surface area contributed by atoms with Crippen molar-refractivity contribution in [2.75, 3.05) is 13.1 Å². The van der Waals surface area contributed by atoms with Gasteiger partial charge in [0.15, 0.2) is 5.65 Å². The fourth-order valence-electron chi connectivity index (χ4n) is 5.32. The lowest BCUT2D eigenvalue weighted by molar-refractivity contribution is 0.245. The maximum Gasteiger partial charge on any atom is 0.243 e. The Balaban J connectivity index is 1.26. The molecule has 1 saturated heterocycles. The van der Waals surface area contributed by atoms with Crippen molar-refractivity contribution in [1.29, 1.82) is 0 Å². The first-order valence-corrected chi connectivity index (χ1v) is 13.0. The Morgan fingerprint density at radius 2 is 1.90 bits per heavy atom. The summed E-state index contributed by atoms with van der Waals surface area (Å²) in [6.45, 7) is 1.96. The number of hydrogen-bond acceptors (Lipinski definition) is 4. The molecule has 7 heteroatoms. The van der Waals surface area contributed by atoms with Crippen LogP contribution in [0.3, 0.4) is 0 Å². The van der Waals surface area contributed by atoms with Gasteiger partial charge >= 0.3 is 0 Å². The van der Waals surface area contributed by atoms with Crippen LogP contribution in [0, 0.1) is 5.92 Å². The zero-order valence-corrected chi connectivity index (χ0v) is 18.5. The second-order valence-corrected chi connectivity index (χ2v) is 11.3. The summed E-state index contributed by atoms with van der Waals surface area (Å²) in [5.41, 5.74) is 4.40. The Bertz CT molecular complexity index is 1250. The minimum Gasteiger partial charge on any atom is -0.312 e. The molecule has 31 heavy (non-hydrogen) atoms. The molecular formula is C24H28N4O2S. The van der Waals surface area contributed by atoms with E-state index in [1.165, 1.54) is 24.0 Å². The molecule has 162 valence electrons. The third-order valence-corrected chi connectivity index (χ3v) is 8.97. The highest BCUT2D eigenvalue weighted by molar-refractivity contribution is 7.89. The molecule has 3 aliphatic rings. The van der Waals surface area contributed by atoms with Crippen LogP contribution in [0.4, 0.5) is 0 Å². The van der Waals surface area contributed by atoms with Crippen LogP contribution < -0.4 is 0 Å². The van der Waals surface area contributed by atoms with Crippen LogP contribution in [0.25, 0.3) is 11.2 Å². The number of imidazole rings is 1. The lowest BCUT2D eigenvalue weighted by Gasteiger charge is -2.32. The number of sulfonamides is 1. The highest BCUT2D eigenvalue weighted by Crippen LogP contribution is 2.41. The van der Waals surface area contributed by atoms with E-state index in [1.54, 1.807) is 4.31 Å². The van der Waals surface area contributed by atoms with E-state index in [2.05, 4.69) is 9.55 Å².